The molecular weight excluding hydrogens is 360 g/mol. The smallest absolute Gasteiger partial charge is 0.466 e. The van der Waals surface area contributed by atoms with E-state index in [0.29, 0.717) is 12.8 Å². The summed E-state index contributed by atoms with van der Waals surface area (Å²) in [4.78, 5) is 48.4. The third-order valence-electron chi connectivity index (χ3n) is 3.48. The summed E-state index contributed by atoms with van der Waals surface area (Å²) in [5.41, 5.74) is -2.21. The van der Waals surface area contributed by atoms with E-state index in [9.17, 15) is 19.2 Å². The first-order chi connectivity index (χ1) is 12.8. The van der Waals surface area contributed by atoms with E-state index < -0.39 is 42.5 Å². The van der Waals surface area contributed by atoms with E-state index in [1.54, 1.807) is 6.92 Å². The zero-order valence-corrected chi connectivity index (χ0v) is 16.5. The number of hydrogen-bond donors (Lipinski definition) is 0. The highest BCUT2D eigenvalue weighted by Crippen LogP contribution is 2.26. The van der Waals surface area contributed by atoms with E-state index in [4.69, 9.17) is 14.2 Å². The van der Waals surface area contributed by atoms with E-state index in [1.165, 1.54) is 0 Å². The molecule has 0 atom stereocenters. The lowest BCUT2D eigenvalue weighted by Gasteiger charge is -2.28. The van der Waals surface area contributed by atoms with Crippen molar-refractivity contribution in [2.45, 2.75) is 64.9 Å². The van der Waals surface area contributed by atoms with Crippen molar-refractivity contribution in [2.24, 2.45) is 0 Å². The molecule has 9 heteroatoms. The number of ether oxygens (including phenoxy) is 5. The van der Waals surface area contributed by atoms with E-state index in [-0.39, 0.29) is 19.8 Å². The van der Waals surface area contributed by atoms with Gasteiger partial charge in [-0.2, -0.15) is 0 Å². The van der Waals surface area contributed by atoms with Gasteiger partial charge in [-0.1, -0.05) is 26.7 Å². The van der Waals surface area contributed by atoms with Gasteiger partial charge in [0.15, 0.2) is 0 Å². The molecule has 0 unspecified atom stereocenters. The average Bonchev–Trinajstić information content (AvgIpc) is 2.61. The maximum absolute atomic E-state index is 12.3. The minimum atomic E-state index is -2.21. The zero-order valence-electron chi connectivity index (χ0n) is 16.5. The summed E-state index contributed by atoms with van der Waals surface area (Å²) in [6.07, 6.45) is 0.294. The van der Waals surface area contributed by atoms with Crippen LogP contribution in [0.2, 0.25) is 0 Å². The van der Waals surface area contributed by atoms with Gasteiger partial charge >= 0.3 is 24.1 Å². The molecular formula is C18H30O9. The minimum Gasteiger partial charge on any atom is -0.466 e. The molecule has 9 nitrogen and oxygen atoms in total. The predicted molar refractivity (Wildman–Crippen MR) is 93.8 cm³/mol. The van der Waals surface area contributed by atoms with E-state index in [0.717, 1.165) is 20.0 Å². The van der Waals surface area contributed by atoms with Gasteiger partial charge in [-0.15, -0.1) is 0 Å². The Morgan fingerprint density at radius 2 is 1.26 bits per heavy atom. The van der Waals surface area contributed by atoms with Crippen LogP contribution in [0.3, 0.4) is 0 Å². The van der Waals surface area contributed by atoms with Gasteiger partial charge < -0.3 is 23.7 Å². The maximum atomic E-state index is 12.3. The van der Waals surface area contributed by atoms with Gasteiger partial charge in [-0.05, 0) is 19.8 Å². The van der Waals surface area contributed by atoms with Crippen LogP contribution < -0.4 is 0 Å². The van der Waals surface area contributed by atoms with Crippen LogP contribution in [0.4, 0.5) is 4.79 Å². The Kier molecular flexibility index (Phi) is 12.6. The third kappa shape index (κ3) is 9.81. The SMILES string of the molecule is CCCCOC(=O)CC(CC(=O)OCCCC)(OC(=O)OCC)C(=O)OC. The predicted octanol–water partition coefficient (Wildman–Crippen LogP) is 2.54. The molecule has 0 saturated heterocycles. The largest absolute Gasteiger partial charge is 0.509 e. The van der Waals surface area contributed by atoms with Gasteiger partial charge in [0.05, 0.1) is 39.8 Å². The first kappa shape index (κ1) is 24.7. The summed E-state index contributed by atoms with van der Waals surface area (Å²) in [6.45, 7) is 5.66. The number of carbonyl (C=O) groups excluding carboxylic acids is 4. The number of methoxy groups -OCH3 is 1. The normalized spacial score (nSPS) is 10.7. The van der Waals surface area contributed by atoms with Gasteiger partial charge in [0, 0.05) is 0 Å². The molecule has 0 aliphatic rings. The highest BCUT2D eigenvalue weighted by atomic mass is 16.7. The Bertz CT molecular complexity index is 463. The van der Waals surface area contributed by atoms with Gasteiger partial charge in [0.2, 0.25) is 5.60 Å². The molecule has 0 aliphatic heterocycles. The quantitative estimate of drug-likeness (QED) is 0.266. The van der Waals surface area contributed by atoms with Crippen LogP contribution in [-0.2, 0) is 38.1 Å². The lowest BCUT2D eigenvalue weighted by molar-refractivity contribution is -0.178. The fraction of sp³-hybridized carbons (Fsp3) is 0.778. The van der Waals surface area contributed by atoms with E-state index >= 15 is 0 Å². The van der Waals surface area contributed by atoms with Crippen molar-refractivity contribution in [1.82, 2.24) is 0 Å². The standard InChI is InChI=1S/C18H30O9/c1-5-8-10-25-14(19)12-18(16(21)23-4,27-17(22)24-7-3)13-15(20)26-11-9-6-2/h5-13H2,1-4H3. The monoisotopic (exact) mass is 390 g/mol. The Labute approximate surface area is 159 Å². The van der Waals surface area contributed by atoms with Crippen LogP contribution in [0, 0.1) is 0 Å². The van der Waals surface area contributed by atoms with Gasteiger partial charge in [0.25, 0.3) is 0 Å². The fourth-order valence-electron chi connectivity index (χ4n) is 2.04. The first-order valence-corrected chi connectivity index (χ1v) is 9.10. The second-order valence-electron chi connectivity index (χ2n) is 5.77. The van der Waals surface area contributed by atoms with Crippen molar-refractivity contribution < 1.29 is 42.9 Å². The Morgan fingerprint density at radius 3 is 1.63 bits per heavy atom. The van der Waals surface area contributed by atoms with Gasteiger partial charge in [-0.3, -0.25) is 9.59 Å². The third-order valence-corrected chi connectivity index (χ3v) is 3.48. The van der Waals surface area contributed by atoms with E-state index in [2.05, 4.69) is 9.47 Å². The minimum absolute atomic E-state index is 0.0159. The topological polar surface area (TPSA) is 114 Å². The molecule has 0 N–H and O–H groups in total. The Balaban J connectivity index is 5.39. The molecule has 0 spiro atoms. The lowest BCUT2D eigenvalue weighted by Crippen LogP contribution is -2.48. The Morgan fingerprint density at radius 1 is 0.778 bits per heavy atom. The molecule has 0 fully saturated rings. The van der Waals surface area contributed by atoms with Gasteiger partial charge in [0.1, 0.15) is 0 Å². The molecule has 0 aromatic carbocycles. The fourth-order valence-corrected chi connectivity index (χ4v) is 2.04. The molecule has 0 saturated carbocycles. The second kappa shape index (κ2) is 13.8. The summed E-state index contributed by atoms with van der Waals surface area (Å²) in [7, 11) is 1.05. The molecule has 0 aromatic rings. The van der Waals surface area contributed by atoms with Crippen LogP contribution in [0.5, 0.6) is 0 Å². The molecule has 27 heavy (non-hydrogen) atoms. The average molecular weight is 390 g/mol. The maximum Gasteiger partial charge on any atom is 0.509 e. The molecule has 0 rings (SSSR count). The molecule has 0 heterocycles. The summed E-state index contributed by atoms with van der Waals surface area (Å²) in [6, 6.07) is 0. The number of hydrogen-bond acceptors (Lipinski definition) is 9. The molecule has 0 aliphatic carbocycles. The van der Waals surface area contributed by atoms with Crippen LogP contribution in [0.1, 0.15) is 59.3 Å². The molecule has 0 bridgehead atoms. The summed E-state index contributed by atoms with van der Waals surface area (Å²) < 4.78 is 24.4. The zero-order chi connectivity index (χ0) is 20.7. The highest BCUT2D eigenvalue weighted by Gasteiger charge is 2.49. The highest BCUT2D eigenvalue weighted by molar-refractivity contribution is 5.91. The second-order valence-corrected chi connectivity index (χ2v) is 5.77. The van der Waals surface area contributed by atoms with Crippen molar-refractivity contribution in [1.29, 1.82) is 0 Å². The van der Waals surface area contributed by atoms with Crippen LogP contribution in [0.15, 0.2) is 0 Å². The lowest BCUT2D eigenvalue weighted by atomic mass is 9.95. The number of carbonyl (C=O) groups is 4. The summed E-state index contributed by atoms with van der Waals surface area (Å²) in [5.74, 6) is -2.69. The number of unbranched alkanes of at least 4 members (excludes halogenated alkanes) is 2. The van der Waals surface area contributed by atoms with E-state index in [1.807, 2.05) is 13.8 Å². The van der Waals surface area contributed by atoms with Crippen LogP contribution in [0.25, 0.3) is 0 Å². The van der Waals surface area contributed by atoms with Gasteiger partial charge in [-0.25, -0.2) is 9.59 Å². The molecule has 0 radical (unpaired) electrons. The summed E-state index contributed by atoms with van der Waals surface area (Å²) >= 11 is 0. The van der Waals surface area contributed by atoms with Crippen LogP contribution >= 0.6 is 0 Å². The van der Waals surface area contributed by atoms with Crippen molar-refractivity contribution in [3.63, 3.8) is 0 Å². The van der Waals surface area contributed by atoms with Crippen LogP contribution in [-0.4, -0.2) is 56.6 Å². The number of esters is 3. The molecule has 0 amide bonds. The Hall–Kier alpha value is -2.32. The first-order valence-electron chi connectivity index (χ1n) is 9.10. The number of rotatable bonds is 13. The van der Waals surface area contributed by atoms with Crippen molar-refractivity contribution in [2.75, 3.05) is 26.9 Å². The van der Waals surface area contributed by atoms with Crippen molar-refractivity contribution in [3.8, 4) is 0 Å². The molecule has 156 valence electrons. The van der Waals surface area contributed by atoms with Crippen molar-refractivity contribution in [3.05, 3.63) is 0 Å². The molecule has 0 aromatic heterocycles. The van der Waals surface area contributed by atoms with Crippen molar-refractivity contribution >= 4 is 24.1 Å². The summed E-state index contributed by atoms with van der Waals surface area (Å²) in [5, 5.41) is 0.